The molecule has 0 saturated heterocycles. The van der Waals surface area contributed by atoms with Gasteiger partial charge < -0.3 is 0 Å². The van der Waals surface area contributed by atoms with Crippen LogP contribution in [0.3, 0.4) is 0 Å². The van der Waals surface area contributed by atoms with Crippen LogP contribution in [0.5, 0.6) is 0 Å². The van der Waals surface area contributed by atoms with E-state index in [0.29, 0.717) is 5.92 Å². The Morgan fingerprint density at radius 3 is 1.79 bits per heavy atom. The van der Waals surface area contributed by atoms with Crippen molar-refractivity contribution in [1.82, 2.24) is 0 Å². The first-order valence-corrected chi connectivity index (χ1v) is 15.0. The van der Waals surface area contributed by atoms with Crippen LogP contribution in [-0.4, -0.2) is 6.67 Å². The molecule has 34 heavy (non-hydrogen) atoms. The summed E-state index contributed by atoms with van der Waals surface area (Å²) in [4.78, 5) is 0. The summed E-state index contributed by atoms with van der Waals surface area (Å²) in [5.41, 5.74) is 2.14. The minimum absolute atomic E-state index is 0.0457. The van der Waals surface area contributed by atoms with E-state index in [1.165, 1.54) is 89.9 Å². The molecule has 0 amide bonds. The number of hydrogen-bond donors (Lipinski definition) is 0. The Hall–Kier alpha value is -0.920. The van der Waals surface area contributed by atoms with Gasteiger partial charge in [-0.25, -0.2) is 4.39 Å². The minimum Gasteiger partial charge on any atom is -0.251 e. The number of unbranched alkanes of at least 4 members (excludes halogenated alkanes) is 2. The molecule has 0 radical (unpaired) electrons. The SMILES string of the molecule is CCCc1ccc([C@H]2CC[C@H]([C@H]3CC[C@H]([C@H]4CC[C@H](CCCCCF)CC4)CC3)CC2)c(F)c1. The molecule has 3 aliphatic rings. The standard InChI is InChI=1S/C32H50F2/c1-2-6-25-10-21-31(32(34)23-25)30-19-17-29(18-20-30)28-15-13-27(14-16-28)26-11-8-24(9-12-26)7-4-3-5-22-33/h10,21,23-24,26-30H,2-9,11-20,22H2,1H3/t24-,26-,27-,28-,29-,30-. The summed E-state index contributed by atoms with van der Waals surface area (Å²) in [6, 6.07) is 6.05. The zero-order valence-corrected chi connectivity index (χ0v) is 21.9. The summed E-state index contributed by atoms with van der Waals surface area (Å²) in [5, 5.41) is 0. The van der Waals surface area contributed by atoms with E-state index in [9.17, 15) is 8.78 Å². The van der Waals surface area contributed by atoms with Gasteiger partial charge in [-0.1, -0.05) is 57.6 Å². The molecule has 0 atom stereocenters. The van der Waals surface area contributed by atoms with Gasteiger partial charge in [0, 0.05) is 0 Å². The van der Waals surface area contributed by atoms with Crippen LogP contribution in [0.4, 0.5) is 8.78 Å². The second-order valence-electron chi connectivity index (χ2n) is 12.2. The van der Waals surface area contributed by atoms with Crippen molar-refractivity contribution >= 4 is 0 Å². The molecule has 0 bridgehead atoms. The third-order valence-electron chi connectivity index (χ3n) is 10.1. The molecule has 1 aromatic carbocycles. The summed E-state index contributed by atoms with van der Waals surface area (Å²) in [7, 11) is 0. The number of alkyl halides is 1. The average Bonchev–Trinajstić information content (AvgIpc) is 2.88. The van der Waals surface area contributed by atoms with Gasteiger partial charge >= 0.3 is 0 Å². The van der Waals surface area contributed by atoms with Crippen molar-refractivity contribution in [1.29, 1.82) is 0 Å². The van der Waals surface area contributed by atoms with E-state index in [0.717, 1.165) is 66.4 Å². The van der Waals surface area contributed by atoms with Gasteiger partial charge in [-0.2, -0.15) is 0 Å². The molecule has 1 aromatic rings. The smallest absolute Gasteiger partial charge is 0.126 e. The van der Waals surface area contributed by atoms with Crippen molar-refractivity contribution < 1.29 is 8.78 Å². The van der Waals surface area contributed by atoms with E-state index in [1.807, 2.05) is 0 Å². The quantitative estimate of drug-likeness (QED) is 0.297. The second kappa shape index (κ2) is 13.4. The topological polar surface area (TPSA) is 0 Å². The van der Waals surface area contributed by atoms with Crippen LogP contribution in [-0.2, 0) is 6.42 Å². The lowest BCUT2D eigenvalue weighted by atomic mass is 9.64. The average molecular weight is 473 g/mol. The molecular formula is C32H50F2. The number of benzene rings is 1. The lowest BCUT2D eigenvalue weighted by molar-refractivity contribution is 0.108. The summed E-state index contributed by atoms with van der Waals surface area (Å²) in [6.07, 6.45) is 23.1. The highest BCUT2D eigenvalue weighted by atomic mass is 19.1. The molecule has 0 nitrogen and oxygen atoms in total. The third kappa shape index (κ3) is 7.07. The van der Waals surface area contributed by atoms with Crippen LogP contribution >= 0.6 is 0 Å². The largest absolute Gasteiger partial charge is 0.251 e. The molecule has 0 heterocycles. The van der Waals surface area contributed by atoms with Gasteiger partial charge in [0.15, 0.2) is 0 Å². The maximum atomic E-state index is 14.7. The molecule has 0 aliphatic heterocycles. The first-order chi connectivity index (χ1) is 16.7. The predicted molar refractivity (Wildman–Crippen MR) is 140 cm³/mol. The molecule has 3 aliphatic carbocycles. The van der Waals surface area contributed by atoms with Crippen LogP contribution < -0.4 is 0 Å². The molecule has 3 fully saturated rings. The fourth-order valence-corrected chi connectivity index (χ4v) is 7.99. The predicted octanol–water partition coefficient (Wildman–Crippen LogP) is 10.2. The van der Waals surface area contributed by atoms with Crippen molar-refractivity contribution in [3.8, 4) is 0 Å². The Balaban J connectivity index is 1.15. The van der Waals surface area contributed by atoms with Gasteiger partial charge in [-0.05, 0) is 130 Å². The van der Waals surface area contributed by atoms with Gasteiger partial charge in [0.1, 0.15) is 5.82 Å². The molecule has 0 spiro atoms. The second-order valence-corrected chi connectivity index (χ2v) is 12.2. The van der Waals surface area contributed by atoms with E-state index in [-0.39, 0.29) is 12.5 Å². The fraction of sp³-hybridized carbons (Fsp3) is 0.812. The highest BCUT2D eigenvalue weighted by Gasteiger charge is 2.35. The Bertz CT molecular complexity index is 704. The lowest BCUT2D eigenvalue weighted by Gasteiger charge is -2.41. The number of aryl methyl sites for hydroxylation is 1. The van der Waals surface area contributed by atoms with E-state index in [4.69, 9.17) is 0 Å². The fourth-order valence-electron chi connectivity index (χ4n) is 7.99. The van der Waals surface area contributed by atoms with Crippen LogP contribution in [0.25, 0.3) is 0 Å². The van der Waals surface area contributed by atoms with Crippen LogP contribution in [0.1, 0.15) is 133 Å². The molecule has 0 unspecified atom stereocenters. The minimum atomic E-state index is -0.137. The monoisotopic (exact) mass is 472 g/mol. The van der Waals surface area contributed by atoms with Crippen LogP contribution in [0.2, 0.25) is 0 Å². The van der Waals surface area contributed by atoms with E-state index in [1.54, 1.807) is 6.07 Å². The van der Waals surface area contributed by atoms with Crippen LogP contribution in [0, 0.1) is 35.4 Å². The third-order valence-corrected chi connectivity index (χ3v) is 10.1. The van der Waals surface area contributed by atoms with E-state index in [2.05, 4.69) is 19.1 Å². The van der Waals surface area contributed by atoms with Crippen molar-refractivity contribution in [3.05, 3.63) is 35.1 Å². The van der Waals surface area contributed by atoms with Gasteiger partial charge in [0.05, 0.1) is 6.67 Å². The molecule has 192 valence electrons. The first-order valence-electron chi connectivity index (χ1n) is 15.0. The highest BCUT2D eigenvalue weighted by molar-refractivity contribution is 5.27. The Morgan fingerprint density at radius 1 is 0.706 bits per heavy atom. The maximum absolute atomic E-state index is 14.7. The van der Waals surface area contributed by atoms with Crippen molar-refractivity contribution in [2.75, 3.05) is 6.67 Å². The zero-order chi connectivity index (χ0) is 23.8. The van der Waals surface area contributed by atoms with Crippen molar-refractivity contribution in [2.24, 2.45) is 29.6 Å². The van der Waals surface area contributed by atoms with Gasteiger partial charge in [-0.15, -0.1) is 0 Å². The molecule has 4 rings (SSSR count). The number of hydrogen-bond acceptors (Lipinski definition) is 0. The molecular weight excluding hydrogens is 422 g/mol. The van der Waals surface area contributed by atoms with E-state index >= 15 is 0 Å². The van der Waals surface area contributed by atoms with Crippen molar-refractivity contribution in [3.63, 3.8) is 0 Å². The number of rotatable bonds is 10. The van der Waals surface area contributed by atoms with E-state index < -0.39 is 0 Å². The Kier molecular flexibility index (Phi) is 10.3. The normalized spacial score (nSPS) is 32.6. The van der Waals surface area contributed by atoms with Crippen LogP contribution in [0.15, 0.2) is 18.2 Å². The summed E-state index contributed by atoms with van der Waals surface area (Å²) in [6.45, 7) is 2.02. The van der Waals surface area contributed by atoms with Gasteiger partial charge in [0.25, 0.3) is 0 Å². The Labute approximate surface area is 208 Å². The summed E-state index contributed by atoms with van der Waals surface area (Å²) >= 11 is 0. The van der Waals surface area contributed by atoms with Gasteiger partial charge in [0.2, 0.25) is 0 Å². The number of halogens is 2. The maximum Gasteiger partial charge on any atom is 0.126 e. The van der Waals surface area contributed by atoms with Gasteiger partial charge in [-0.3, -0.25) is 4.39 Å². The summed E-state index contributed by atoms with van der Waals surface area (Å²) in [5.74, 6) is 5.20. The Morgan fingerprint density at radius 2 is 1.26 bits per heavy atom. The molecule has 0 aromatic heterocycles. The van der Waals surface area contributed by atoms with Crippen molar-refractivity contribution in [2.45, 2.75) is 128 Å². The molecule has 0 N–H and O–H groups in total. The highest BCUT2D eigenvalue weighted by Crippen LogP contribution is 2.47. The lowest BCUT2D eigenvalue weighted by Crippen LogP contribution is -2.29. The zero-order valence-electron chi connectivity index (χ0n) is 21.9. The first kappa shape index (κ1) is 26.2. The summed E-state index contributed by atoms with van der Waals surface area (Å²) < 4.78 is 27.0. The molecule has 2 heteroatoms. The molecule has 3 saturated carbocycles.